The van der Waals surface area contributed by atoms with Crippen molar-refractivity contribution < 1.29 is 19.1 Å². The second-order valence-corrected chi connectivity index (χ2v) is 22.9. The Kier molecular flexibility index (Phi) is 14.7. The number of rotatable bonds is 11. The molecule has 5 N–H and O–H groups in total. The maximum Gasteiger partial charge on any atom is 0.340 e. The van der Waals surface area contributed by atoms with Gasteiger partial charge in [-0.25, -0.2) is 9.59 Å². The largest absolute Gasteiger partial charge is 0.465 e. The fourth-order valence-electron chi connectivity index (χ4n) is 8.76. The highest BCUT2D eigenvalue weighted by Gasteiger charge is 2.28. The molecule has 372 valence electrons. The molecule has 5 aromatic heterocycles. The van der Waals surface area contributed by atoms with Crippen LogP contribution in [0.25, 0.3) is 32.7 Å². The fourth-order valence-corrected chi connectivity index (χ4v) is 8.76. The van der Waals surface area contributed by atoms with Crippen molar-refractivity contribution in [2.75, 3.05) is 19.5 Å². The van der Waals surface area contributed by atoms with Crippen molar-refractivity contribution in [3.63, 3.8) is 0 Å². The quantitative estimate of drug-likeness (QED) is 0.0572. The summed E-state index contributed by atoms with van der Waals surface area (Å²) in [6.45, 7) is 22.4. The van der Waals surface area contributed by atoms with Gasteiger partial charge in [0.2, 0.25) is 0 Å². The Morgan fingerprint density at radius 2 is 0.986 bits per heavy atom. The average Bonchev–Trinajstić information content (AvgIpc) is 4.22. The summed E-state index contributed by atoms with van der Waals surface area (Å²) in [7, 11) is 1.43. The zero-order chi connectivity index (χ0) is 50.8. The van der Waals surface area contributed by atoms with Crippen LogP contribution in [0.1, 0.15) is 191 Å². The first kappa shape index (κ1) is 50.7. The third-order valence-electron chi connectivity index (χ3n) is 13.6. The zero-order valence-electron chi connectivity index (χ0n) is 43.9. The lowest BCUT2D eigenvalue weighted by Crippen LogP contribution is -2.12. The fraction of sp³-hybridized carbons (Fsp3) is 0.410. The maximum absolute atomic E-state index is 12.8. The molecular weight excluding hydrogens is 881 g/mol. The number of nitrogens with zero attached hydrogens (tertiary/aromatic N) is 2. The minimum Gasteiger partial charge on any atom is -0.465 e. The molecule has 2 saturated carbocycles. The highest BCUT2D eigenvalue weighted by Crippen LogP contribution is 2.41. The predicted octanol–water partition coefficient (Wildman–Crippen LogP) is 14.4. The Hall–Kier alpha value is -6.68. The van der Waals surface area contributed by atoms with Crippen LogP contribution in [0.15, 0.2) is 97.3 Å². The van der Waals surface area contributed by atoms with E-state index in [0.29, 0.717) is 42.4 Å². The number of aromatic nitrogens is 5. The third-order valence-corrected chi connectivity index (χ3v) is 13.6. The number of pyridine rings is 2. The van der Waals surface area contributed by atoms with Crippen LogP contribution >= 0.6 is 0 Å². The second-order valence-electron chi connectivity index (χ2n) is 22.9. The van der Waals surface area contributed by atoms with Crippen LogP contribution in [-0.4, -0.2) is 50.6 Å². The van der Waals surface area contributed by atoms with Gasteiger partial charge in [-0.3, -0.25) is 9.97 Å². The van der Waals surface area contributed by atoms with Gasteiger partial charge in [0.1, 0.15) is 0 Å². The number of esters is 2. The topological polar surface area (TPSA) is 152 Å². The number of unbranched alkanes of at least 4 members (excludes halogenated alkanes) is 1. The van der Waals surface area contributed by atoms with E-state index >= 15 is 0 Å². The van der Waals surface area contributed by atoms with Crippen LogP contribution in [0.4, 0.5) is 5.69 Å². The number of H-pyrrole nitrogens is 3. The lowest BCUT2D eigenvalue weighted by molar-refractivity contribution is 0.0497. The number of hydrogen-bond acceptors (Lipinski definition) is 7. The van der Waals surface area contributed by atoms with Crippen molar-refractivity contribution in [2.24, 2.45) is 0 Å². The molecule has 0 bridgehead atoms. The highest BCUT2D eigenvalue weighted by atomic mass is 16.5. The van der Waals surface area contributed by atoms with Gasteiger partial charge in [0.15, 0.2) is 0 Å². The number of nitrogens with one attached hydrogen (secondary N) is 3. The predicted molar refractivity (Wildman–Crippen MR) is 290 cm³/mol. The van der Waals surface area contributed by atoms with Gasteiger partial charge in [-0.2, -0.15) is 0 Å². The van der Waals surface area contributed by atoms with Crippen LogP contribution in [-0.2, 0) is 38.6 Å². The molecule has 0 saturated heterocycles. The lowest BCUT2D eigenvalue weighted by atomic mass is 9.92. The Balaban J connectivity index is 0.000000152. The standard InChI is InChI=1S/C26H32N2O2.C23H26N2O2.C12H16N2/c1-5-6-11-30-25(29)21-14-20(18-8-9-18)16-27-23(21)13-17-7-10-22-19(12-17)15-24(28-22)26(2,3)4;1-23(2,3)21-12-16-9-14(5-8-19(16)25-21)10-20-18(22(26)27-4)11-17(13-24-20)15-6-7-15;1-12(2,3)11-7-8-6-9(13)4-5-10(8)14-11/h7,10,12,14-16,18,28H,5-6,8-9,11,13H2,1-4H3;5,8-9,11-13,15,25H,6-7,10H2,1-4H3;4-7,14H,13H2,1-3H3. The third kappa shape index (κ3) is 12.6. The smallest absolute Gasteiger partial charge is 0.340 e. The molecule has 71 heavy (non-hydrogen) atoms. The van der Waals surface area contributed by atoms with E-state index < -0.39 is 0 Å². The molecule has 0 unspecified atom stereocenters. The van der Waals surface area contributed by atoms with Gasteiger partial charge >= 0.3 is 11.9 Å². The van der Waals surface area contributed by atoms with Gasteiger partial charge in [0, 0.05) is 86.2 Å². The summed E-state index contributed by atoms with van der Waals surface area (Å²) < 4.78 is 10.5. The number of ether oxygens (including phenoxy) is 2. The summed E-state index contributed by atoms with van der Waals surface area (Å²) in [4.78, 5) is 44.8. The first-order valence-electron chi connectivity index (χ1n) is 25.5. The number of methoxy groups -OCH3 is 1. The summed E-state index contributed by atoms with van der Waals surface area (Å²) in [5, 5.41) is 3.57. The minimum absolute atomic E-state index is 0.0782. The number of carbonyl (C=O) groups excluding carboxylic acids is 2. The summed E-state index contributed by atoms with van der Waals surface area (Å²) in [6, 6.07) is 29.4. The number of nitrogens with two attached hydrogens (primary N) is 1. The zero-order valence-corrected chi connectivity index (χ0v) is 43.9. The normalized spacial score (nSPS) is 14.0. The van der Waals surface area contributed by atoms with Crippen LogP contribution in [0.2, 0.25) is 0 Å². The highest BCUT2D eigenvalue weighted by molar-refractivity contribution is 5.92. The molecule has 0 amide bonds. The molecule has 8 aromatic rings. The van der Waals surface area contributed by atoms with E-state index in [9.17, 15) is 9.59 Å². The SMILES string of the molecule is CC(C)(C)c1cc2cc(N)ccc2[nH]1.CCCCOC(=O)c1cc(C2CC2)cnc1Cc1ccc2[nH]c(C(C)(C)C)cc2c1.COC(=O)c1cc(C2CC2)cnc1Cc1ccc2[nH]c(C(C)(C)C)cc2c1. The maximum atomic E-state index is 12.8. The van der Waals surface area contributed by atoms with Crippen molar-refractivity contribution in [3.05, 3.63) is 159 Å². The summed E-state index contributed by atoms with van der Waals surface area (Å²) >= 11 is 0. The molecule has 0 radical (unpaired) electrons. The summed E-state index contributed by atoms with van der Waals surface area (Å²) in [5.41, 5.74) is 21.4. The molecule has 0 atom stereocenters. The molecule has 2 fully saturated rings. The number of carbonyl (C=O) groups is 2. The Morgan fingerprint density at radius 3 is 1.38 bits per heavy atom. The van der Waals surface area contributed by atoms with E-state index in [1.165, 1.54) is 66.0 Å². The van der Waals surface area contributed by atoms with Gasteiger partial charge in [0.05, 0.1) is 36.2 Å². The Labute approximate surface area is 420 Å². The van der Waals surface area contributed by atoms with E-state index in [2.05, 4.69) is 144 Å². The molecule has 0 spiro atoms. The molecule has 3 aromatic carbocycles. The van der Waals surface area contributed by atoms with Gasteiger partial charge in [-0.15, -0.1) is 0 Å². The molecule has 2 aliphatic rings. The van der Waals surface area contributed by atoms with E-state index in [0.717, 1.165) is 68.7 Å². The second kappa shape index (κ2) is 20.6. The Morgan fingerprint density at radius 1 is 0.577 bits per heavy atom. The van der Waals surface area contributed by atoms with Crippen molar-refractivity contribution in [2.45, 2.75) is 149 Å². The number of benzene rings is 3. The molecule has 10 nitrogen and oxygen atoms in total. The molecule has 2 aliphatic carbocycles. The Bertz CT molecular complexity index is 3180. The first-order chi connectivity index (χ1) is 33.7. The van der Waals surface area contributed by atoms with E-state index in [1.54, 1.807) is 0 Å². The van der Waals surface area contributed by atoms with Crippen LogP contribution in [0.5, 0.6) is 0 Å². The van der Waals surface area contributed by atoms with Crippen LogP contribution in [0.3, 0.4) is 0 Å². The van der Waals surface area contributed by atoms with Gasteiger partial charge in [-0.05, 0) is 150 Å². The van der Waals surface area contributed by atoms with Gasteiger partial charge < -0.3 is 30.2 Å². The monoisotopic (exact) mass is 955 g/mol. The average molecular weight is 955 g/mol. The van der Waals surface area contributed by atoms with Crippen molar-refractivity contribution >= 4 is 50.3 Å². The van der Waals surface area contributed by atoms with Crippen molar-refractivity contribution in [1.82, 2.24) is 24.9 Å². The summed E-state index contributed by atoms with van der Waals surface area (Å²) in [5.74, 6) is 0.562. The van der Waals surface area contributed by atoms with Gasteiger partial charge in [0.25, 0.3) is 0 Å². The summed E-state index contributed by atoms with van der Waals surface area (Å²) in [6.07, 6.45) is 11.7. The minimum atomic E-state index is -0.308. The number of anilines is 1. The van der Waals surface area contributed by atoms with E-state index in [-0.39, 0.29) is 28.2 Å². The molecule has 5 heterocycles. The first-order valence-corrected chi connectivity index (χ1v) is 25.5. The van der Waals surface area contributed by atoms with E-state index in [1.807, 2.05) is 42.7 Å². The van der Waals surface area contributed by atoms with Crippen molar-refractivity contribution in [3.8, 4) is 0 Å². The van der Waals surface area contributed by atoms with Crippen molar-refractivity contribution in [1.29, 1.82) is 0 Å². The van der Waals surface area contributed by atoms with Crippen LogP contribution < -0.4 is 5.73 Å². The number of hydrogen-bond donors (Lipinski definition) is 4. The number of aromatic amines is 3. The number of nitrogen functional groups attached to an aromatic ring is 1. The van der Waals surface area contributed by atoms with E-state index in [4.69, 9.17) is 20.2 Å². The molecule has 10 rings (SSSR count). The number of fused-ring (bicyclic) bond motifs is 3. The van der Waals surface area contributed by atoms with Crippen LogP contribution in [0, 0.1) is 0 Å². The molecular formula is C61H74N6O4. The molecule has 0 aliphatic heterocycles. The molecule has 10 heteroatoms. The van der Waals surface area contributed by atoms with Gasteiger partial charge in [-0.1, -0.05) is 87.8 Å². The lowest BCUT2D eigenvalue weighted by Gasteiger charge is -2.15.